The van der Waals surface area contributed by atoms with Crippen LogP contribution >= 0.6 is 0 Å². The third-order valence-corrected chi connectivity index (χ3v) is 2.94. The normalized spacial score (nSPS) is 10.1. The highest BCUT2D eigenvalue weighted by molar-refractivity contribution is 5.99. The van der Waals surface area contributed by atoms with Gasteiger partial charge in [-0.15, -0.1) is 0 Å². The number of aromatic nitrogens is 2. The largest absolute Gasteiger partial charge is 0.480 e. The minimum Gasteiger partial charge on any atom is -0.480 e. The highest BCUT2D eigenvalue weighted by Gasteiger charge is 2.11. The molecule has 0 fully saturated rings. The summed E-state index contributed by atoms with van der Waals surface area (Å²) in [5, 5.41) is 14.0. The van der Waals surface area contributed by atoms with Crippen LogP contribution in [0.15, 0.2) is 35.1 Å². The minimum atomic E-state index is -1.03. The van der Waals surface area contributed by atoms with Crippen molar-refractivity contribution < 1.29 is 14.7 Å². The molecule has 0 aliphatic heterocycles. The van der Waals surface area contributed by atoms with Crippen LogP contribution in [0, 0.1) is 6.92 Å². The Kier molecular flexibility index (Phi) is 5.08. The lowest BCUT2D eigenvalue weighted by molar-refractivity contribution is -0.134. The van der Waals surface area contributed by atoms with E-state index in [9.17, 15) is 14.4 Å². The van der Waals surface area contributed by atoms with E-state index in [2.05, 4.69) is 20.6 Å². The number of aryl methyl sites for hydroxylation is 1. The summed E-state index contributed by atoms with van der Waals surface area (Å²) in [4.78, 5) is 40.9. The smallest absolute Gasteiger partial charge is 0.322 e. The summed E-state index contributed by atoms with van der Waals surface area (Å²) in [6.07, 6.45) is 0. The molecule has 0 aliphatic carbocycles. The number of rotatable bonds is 6. The van der Waals surface area contributed by atoms with Crippen molar-refractivity contribution in [2.45, 2.75) is 13.5 Å². The van der Waals surface area contributed by atoms with Crippen LogP contribution in [0.3, 0.4) is 0 Å². The van der Waals surface area contributed by atoms with E-state index in [0.29, 0.717) is 22.8 Å². The zero-order valence-corrected chi connectivity index (χ0v) is 12.4. The molecule has 1 aromatic carbocycles. The van der Waals surface area contributed by atoms with E-state index in [1.807, 2.05) is 0 Å². The van der Waals surface area contributed by atoms with Gasteiger partial charge in [0.1, 0.15) is 12.4 Å². The Labute approximate surface area is 131 Å². The number of carboxylic acid groups (broad SMARTS) is 1. The summed E-state index contributed by atoms with van der Waals surface area (Å²) < 4.78 is 0. The Morgan fingerprint density at radius 3 is 2.74 bits per heavy atom. The lowest BCUT2D eigenvalue weighted by atomic mass is 10.1. The van der Waals surface area contributed by atoms with E-state index in [0.717, 1.165) is 0 Å². The van der Waals surface area contributed by atoms with Crippen LogP contribution in [0.4, 0.5) is 5.69 Å². The van der Waals surface area contributed by atoms with Crippen molar-refractivity contribution in [3.05, 3.63) is 57.8 Å². The molecule has 1 aromatic heterocycles. The zero-order valence-electron chi connectivity index (χ0n) is 12.4. The molecule has 0 spiro atoms. The molecule has 0 radical (unpaired) electrons. The molecule has 0 bridgehead atoms. The average molecular weight is 316 g/mol. The quantitative estimate of drug-likeness (QED) is 0.615. The van der Waals surface area contributed by atoms with Crippen molar-refractivity contribution in [1.82, 2.24) is 15.3 Å². The molecule has 4 N–H and O–H groups in total. The fraction of sp³-hybridized carbons (Fsp3) is 0.200. The number of benzene rings is 1. The lowest BCUT2D eigenvalue weighted by Crippen LogP contribution is -2.27. The van der Waals surface area contributed by atoms with Crippen molar-refractivity contribution in [3.8, 4) is 0 Å². The number of nitrogens with zero attached hydrogens (tertiary/aromatic N) is 1. The summed E-state index contributed by atoms with van der Waals surface area (Å²) in [7, 11) is 0. The van der Waals surface area contributed by atoms with Gasteiger partial charge in [-0.05, 0) is 19.1 Å². The van der Waals surface area contributed by atoms with Gasteiger partial charge in [-0.2, -0.15) is 0 Å². The first-order chi connectivity index (χ1) is 11.0. The van der Waals surface area contributed by atoms with E-state index in [1.54, 1.807) is 31.2 Å². The maximum atomic E-state index is 12.2. The van der Waals surface area contributed by atoms with Gasteiger partial charge in [0.25, 0.3) is 11.5 Å². The number of aliphatic carboxylic acids is 1. The molecule has 0 saturated heterocycles. The van der Waals surface area contributed by atoms with Gasteiger partial charge in [0.15, 0.2) is 0 Å². The summed E-state index contributed by atoms with van der Waals surface area (Å²) in [5.41, 5.74) is 0.994. The second-order valence-electron chi connectivity index (χ2n) is 4.81. The third-order valence-electron chi connectivity index (χ3n) is 2.94. The summed E-state index contributed by atoms with van der Waals surface area (Å²) in [6.45, 7) is 1.45. The van der Waals surface area contributed by atoms with Crippen LogP contribution in [0.2, 0.25) is 0 Å². The van der Waals surface area contributed by atoms with E-state index in [-0.39, 0.29) is 18.6 Å². The Morgan fingerprint density at radius 1 is 1.30 bits per heavy atom. The molecule has 1 heterocycles. The number of carboxylic acids is 1. The van der Waals surface area contributed by atoms with Crippen LogP contribution in [0.1, 0.15) is 21.9 Å². The topological polar surface area (TPSA) is 124 Å². The standard InChI is InChI=1S/C15H16N4O4/c1-9-6-13(20)19-12(18-9)7-17-15(23)10-4-2-3-5-11(10)16-8-14(21)22/h2-6,16H,7-8H2,1H3,(H,17,23)(H,21,22)(H,18,19,20). The van der Waals surface area contributed by atoms with Crippen molar-refractivity contribution in [1.29, 1.82) is 0 Å². The number of H-pyrrole nitrogens is 1. The van der Waals surface area contributed by atoms with Gasteiger partial charge in [-0.1, -0.05) is 12.1 Å². The van der Waals surface area contributed by atoms with Gasteiger partial charge in [0.2, 0.25) is 0 Å². The fourth-order valence-electron chi connectivity index (χ4n) is 1.99. The molecule has 2 aromatic rings. The third kappa shape index (κ3) is 4.67. The average Bonchev–Trinajstić information content (AvgIpc) is 2.50. The number of aromatic amines is 1. The summed E-state index contributed by atoms with van der Waals surface area (Å²) in [6, 6.07) is 7.92. The number of anilines is 1. The van der Waals surface area contributed by atoms with E-state index in [1.165, 1.54) is 6.07 Å². The number of hydrogen-bond donors (Lipinski definition) is 4. The van der Waals surface area contributed by atoms with Gasteiger partial charge in [-0.3, -0.25) is 14.4 Å². The van der Waals surface area contributed by atoms with Crippen molar-refractivity contribution in [3.63, 3.8) is 0 Å². The number of para-hydroxylation sites is 1. The summed E-state index contributed by atoms with van der Waals surface area (Å²) in [5.74, 6) is -1.08. The van der Waals surface area contributed by atoms with Crippen molar-refractivity contribution in [2.75, 3.05) is 11.9 Å². The second kappa shape index (κ2) is 7.21. The first-order valence-electron chi connectivity index (χ1n) is 6.85. The Morgan fingerprint density at radius 2 is 2.04 bits per heavy atom. The monoisotopic (exact) mass is 316 g/mol. The highest BCUT2D eigenvalue weighted by Crippen LogP contribution is 2.14. The van der Waals surface area contributed by atoms with Gasteiger partial charge < -0.3 is 20.7 Å². The van der Waals surface area contributed by atoms with E-state index < -0.39 is 11.9 Å². The molecule has 0 aliphatic rings. The molecule has 23 heavy (non-hydrogen) atoms. The Bertz CT molecular complexity index is 785. The second-order valence-corrected chi connectivity index (χ2v) is 4.81. The Balaban J connectivity index is 2.08. The first-order valence-corrected chi connectivity index (χ1v) is 6.85. The lowest BCUT2D eigenvalue weighted by Gasteiger charge is -2.11. The van der Waals surface area contributed by atoms with Crippen LogP contribution in [0.25, 0.3) is 0 Å². The van der Waals surface area contributed by atoms with Crippen molar-refractivity contribution >= 4 is 17.6 Å². The van der Waals surface area contributed by atoms with E-state index in [4.69, 9.17) is 5.11 Å². The van der Waals surface area contributed by atoms with Crippen LogP contribution in [0.5, 0.6) is 0 Å². The highest BCUT2D eigenvalue weighted by atomic mass is 16.4. The predicted octanol–water partition coefficient (Wildman–Crippen LogP) is 0.505. The molecule has 0 saturated carbocycles. The van der Waals surface area contributed by atoms with Gasteiger partial charge in [0, 0.05) is 17.4 Å². The van der Waals surface area contributed by atoms with Crippen LogP contribution < -0.4 is 16.2 Å². The molecule has 0 atom stereocenters. The molecule has 120 valence electrons. The molecule has 0 unspecified atom stereocenters. The van der Waals surface area contributed by atoms with Crippen molar-refractivity contribution in [2.24, 2.45) is 0 Å². The van der Waals surface area contributed by atoms with Gasteiger partial charge in [0.05, 0.1) is 12.1 Å². The molecule has 1 amide bonds. The van der Waals surface area contributed by atoms with Gasteiger partial charge in [-0.25, -0.2) is 4.98 Å². The maximum absolute atomic E-state index is 12.2. The van der Waals surface area contributed by atoms with E-state index >= 15 is 0 Å². The first kappa shape index (κ1) is 16.2. The van der Waals surface area contributed by atoms with Crippen LogP contribution in [-0.4, -0.2) is 33.5 Å². The number of amides is 1. The number of carbonyl (C=O) groups is 2. The number of hydrogen-bond acceptors (Lipinski definition) is 5. The van der Waals surface area contributed by atoms with Crippen LogP contribution in [-0.2, 0) is 11.3 Å². The molecule has 8 heteroatoms. The zero-order chi connectivity index (χ0) is 16.8. The predicted molar refractivity (Wildman–Crippen MR) is 83.3 cm³/mol. The van der Waals surface area contributed by atoms with Gasteiger partial charge >= 0.3 is 5.97 Å². The molecule has 8 nitrogen and oxygen atoms in total. The molecular formula is C15H16N4O4. The molecular weight excluding hydrogens is 300 g/mol. The fourth-order valence-corrected chi connectivity index (χ4v) is 1.99. The SMILES string of the molecule is Cc1cc(=O)[nH]c(CNC(=O)c2ccccc2NCC(=O)O)n1. The number of carbonyl (C=O) groups excluding carboxylic acids is 1. The minimum absolute atomic E-state index is 0.0585. The number of nitrogens with one attached hydrogen (secondary N) is 3. The summed E-state index contributed by atoms with van der Waals surface area (Å²) >= 11 is 0. The molecule has 2 rings (SSSR count). The maximum Gasteiger partial charge on any atom is 0.322 e. The Hall–Kier alpha value is -3.16.